The van der Waals surface area contributed by atoms with Crippen molar-refractivity contribution in [3.8, 4) is 21.6 Å². The van der Waals surface area contributed by atoms with Crippen LogP contribution in [0.4, 0.5) is 0 Å². The summed E-state index contributed by atoms with van der Waals surface area (Å²) in [7, 11) is 0. The van der Waals surface area contributed by atoms with Crippen molar-refractivity contribution in [2.45, 2.75) is 16.4 Å². The van der Waals surface area contributed by atoms with Crippen molar-refractivity contribution < 1.29 is 5.11 Å². The lowest BCUT2D eigenvalue weighted by Gasteiger charge is -2.05. The molecule has 0 bridgehead atoms. The summed E-state index contributed by atoms with van der Waals surface area (Å²) < 4.78 is 0. The molecule has 0 atom stereocenters. The SMILES string of the molecule is OCc1cc2c(s1)-c1ccccc1Sc1ccccc1-2. The van der Waals surface area contributed by atoms with Crippen LogP contribution in [0.1, 0.15) is 4.88 Å². The average molecular weight is 296 g/mol. The maximum absolute atomic E-state index is 9.46. The Kier molecular flexibility index (Phi) is 2.91. The molecular formula is C17H12OS2. The van der Waals surface area contributed by atoms with Crippen LogP contribution >= 0.6 is 23.1 Å². The van der Waals surface area contributed by atoms with E-state index in [9.17, 15) is 5.11 Å². The molecule has 0 amide bonds. The predicted molar refractivity (Wildman–Crippen MR) is 85.2 cm³/mol. The maximum atomic E-state index is 9.46. The minimum absolute atomic E-state index is 0.106. The van der Waals surface area contributed by atoms with Gasteiger partial charge in [-0.3, -0.25) is 0 Å². The third-order valence-electron chi connectivity index (χ3n) is 3.47. The van der Waals surface area contributed by atoms with Crippen LogP contribution in [-0.2, 0) is 6.61 Å². The van der Waals surface area contributed by atoms with E-state index in [1.807, 2.05) is 11.8 Å². The molecule has 0 aliphatic carbocycles. The van der Waals surface area contributed by atoms with Gasteiger partial charge < -0.3 is 5.11 Å². The molecule has 2 heterocycles. The molecule has 1 aromatic heterocycles. The molecule has 98 valence electrons. The second-order valence-corrected chi connectivity index (χ2v) is 6.93. The van der Waals surface area contributed by atoms with Crippen molar-refractivity contribution in [2.75, 3.05) is 0 Å². The number of aliphatic hydroxyl groups is 1. The van der Waals surface area contributed by atoms with Gasteiger partial charge in [-0.2, -0.15) is 0 Å². The Balaban J connectivity index is 2.08. The number of hydrogen-bond donors (Lipinski definition) is 1. The normalized spacial score (nSPS) is 12.2. The van der Waals surface area contributed by atoms with Crippen molar-refractivity contribution in [3.05, 3.63) is 59.5 Å². The summed E-state index contributed by atoms with van der Waals surface area (Å²) in [5, 5.41) is 9.46. The number of rotatable bonds is 1. The van der Waals surface area contributed by atoms with E-state index in [0.29, 0.717) is 0 Å². The highest BCUT2D eigenvalue weighted by Gasteiger charge is 2.21. The summed E-state index contributed by atoms with van der Waals surface area (Å²) in [6, 6.07) is 19.1. The van der Waals surface area contributed by atoms with E-state index in [0.717, 1.165) is 4.88 Å². The zero-order chi connectivity index (χ0) is 13.5. The van der Waals surface area contributed by atoms with E-state index < -0.39 is 0 Å². The standard InChI is InChI=1S/C17H12OS2/c18-10-11-9-14-12-5-1-3-7-15(12)20-16-8-4-2-6-13(16)17(14)19-11/h1-9,18H,10H2. The van der Waals surface area contributed by atoms with Gasteiger partial charge in [-0.05, 0) is 23.8 Å². The van der Waals surface area contributed by atoms with Crippen molar-refractivity contribution in [2.24, 2.45) is 0 Å². The van der Waals surface area contributed by atoms with Crippen LogP contribution < -0.4 is 0 Å². The molecule has 3 heteroatoms. The first-order chi connectivity index (χ1) is 9.86. The lowest BCUT2D eigenvalue weighted by molar-refractivity contribution is 0.285. The number of hydrogen-bond acceptors (Lipinski definition) is 3. The zero-order valence-corrected chi connectivity index (χ0v) is 12.3. The van der Waals surface area contributed by atoms with Gasteiger partial charge in [-0.1, -0.05) is 48.2 Å². The monoisotopic (exact) mass is 296 g/mol. The Hall–Kier alpha value is -1.55. The van der Waals surface area contributed by atoms with Gasteiger partial charge in [0.2, 0.25) is 0 Å². The zero-order valence-electron chi connectivity index (χ0n) is 10.7. The highest BCUT2D eigenvalue weighted by molar-refractivity contribution is 7.99. The van der Waals surface area contributed by atoms with E-state index in [4.69, 9.17) is 0 Å². The maximum Gasteiger partial charge on any atom is 0.0774 e. The van der Waals surface area contributed by atoms with Crippen LogP contribution in [0.15, 0.2) is 64.4 Å². The van der Waals surface area contributed by atoms with Gasteiger partial charge in [0.05, 0.1) is 6.61 Å². The van der Waals surface area contributed by atoms with Gasteiger partial charge in [0.1, 0.15) is 0 Å². The first-order valence-electron chi connectivity index (χ1n) is 6.47. The molecule has 1 nitrogen and oxygen atoms in total. The molecule has 3 aromatic rings. The Morgan fingerprint density at radius 2 is 1.45 bits per heavy atom. The van der Waals surface area contributed by atoms with Gasteiger partial charge in [0.25, 0.3) is 0 Å². The Bertz CT molecular complexity index is 726. The average Bonchev–Trinajstić information content (AvgIpc) is 2.87. The van der Waals surface area contributed by atoms with Gasteiger partial charge in [-0.25, -0.2) is 0 Å². The van der Waals surface area contributed by atoms with E-state index in [2.05, 4.69) is 54.6 Å². The first kappa shape index (κ1) is 12.2. The van der Waals surface area contributed by atoms with E-state index in [1.54, 1.807) is 11.3 Å². The molecule has 0 spiro atoms. The van der Waals surface area contributed by atoms with Crippen LogP contribution in [-0.4, -0.2) is 5.11 Å². The number of thiophene rings is 1. The fourth-order valence-electron chi connectivity index (χ4n) is 2.56. The number of benzene rings is 2. The second kappa shape index (κ2) is 4.77. The first-order valence-corrected chi connectivity index (χ1v) is 8.10. The Morgan fingerprint density at radius 3 is 2.20 bits per heavy atom. The molecular weight excluding hydrogens is 284 g/mol. The largest absolute Gasteiger partial charge is 0.391 e. The predicted octanol–water partition coefficient (Wildman–Crippen LogP) is 5.04. The van der Waals surface area contributed by atoms with Crippen LogP contribution in [0.25, 0.3) is 21.6 Å². The lowest BCUT2D eigenvalue weighted by atomic mass is 10.0. The topological polar surface area (TPSA) is 20.2 Å². The molecule has 20 heavy (non-hydrogen) atoms. The van der Waals surface area contributed by atoms with Crippen molar-refractivity contribution in [3.63, 3.8) is 0 Å². The number of fused-ring (bicyclic) bond motifs is 5. The van der Waals surface area contributed by atoms with Crippen LogP contribution in [0.2, 0.25) is 0 Å². The third-order valence-corrected chi connectivity index (χ3v) is 5.77. The van der Waals surface area contributed by atoms with E-state index in [1.165, 1.54) is 31.4 Å². The van der Waals surface area contributed by atoms with Crippen LogP contribution in [0.3, 0.4) is 0 Å². The summed E-state index contributed by atoms with van der Waals surface area (Å²) in [5.41, 5.74) is 3.78. The van der Waals surface area contributed by atoms with Gasteiger partial charge in [0.15, 0.2) is 0 Å². The lowest BCUT2D eigenvalue weighted by Crippen LogP contribution is -1.78. The molecule has 1 N–H and O–H groups in total. The summed E-state index contributed by atoms with van der Waals surface area (Å²) in [5.74, 6) is 0. The summed E-state index contributed by atoms with van der Waals surface area (Å²) in [6.07, 6.45) is 0. The third kappa shape index (κ3) is 1.82. The molecule has 0 radical (unpaired) electrons. The fourth-order valence-corrected chi connectivity index (χ4v) is 4.79. The summed E-state index contributed by atoms with van der Waals surface area (Å²) >= 11 is 3.51. The van der Waals surface area contributed by atoms with Crippen molar-refractivity contribution in [1.82, 2.24) is 0 Å². The van der Waals surface area contributed by atoms with Crippen molar-refractivity contribution >= 4 is 23.1 Å². The molecule has 0 unspecified atom stereocenters. The van der Waals surface area contributed by atoms with Gasteiger partial charge in [0, 0.05) is 30.7 Å². The highest BCUT2D eigenvalue weighted by Crippen LogP contribution is 2.50. The highest BCUT2D eigenvalue weighted by atomic mass is 32.2. The molecule has 0 saturated carbocycles. The van der Waals surface area contributed by atoms with E-state index in [-0.39, 0.29) is 6.61 Å². The molecule has 4 rings (SSSR count). The second-order valence-electron chi connectivity index (χ2n) is 4.71. The van der Waals surface area contributed by atoms with Gasteiger partial charge in [-0.15, -0.1) is 11.3 Å². The molecule has 1 aliphatic rings. The summed E-state index contributed by atoms with van der Waals surface area (Å²) in [6.45, 7) is 0.106. The minimum Gasteiger partial charge on any atom is -0.391 e. The smallest absolute Gasteiger partial charge is 0.0774 e. The summed E-state index contributed by atoms with van der Waals surface area (Å²) in [4.78, 5) is 4.85. The van der Waals surface area contributed by atoms with Gasteiger partial charge >= 0.3 is 0 Å². The van der Waals surface area contributed by atoms with Crippen LogP contribution in [0, 0.1) is 0 Å². The molecule has 2 aromatic carbocycles. The Morgan fingerprint density at radius 1 is 0.800 bits per heavy atom. The van der Waals surface area contributed by atoms with Crippen LogP contribution in [0.5, 0.6) is 0 Å². The molecule has 0 fully saturated rings. The minimum atomic E-state index is 0.106. The molecule has 0 saturated heterocycles. The Labute approximate surface area is 125 Å². The van der Waals surface area contributed by atoms with E-state index >= 15 is 0 Å². The fraction of sp³-hybridized carbons (Fsp3) is 0.0588. The van der Waals surface area contributed by atoms with Crippen molar-refractivity contribution in [1.29, 1.82) is 0 Å². The quantitative estimate of drug-likeness (QED) is 0.531. The molecule has 1 aliphatic heterocycles. The number of aliphatic hydroxyl groups excluding tert-OH is 1.